The molecule has 1 heterocycles. The van der Waals surface area contributed by atoms with Crippen LogP contribution in [-0.4, -0.2) is 35.1 Å². The molecule has 1 aromatic rings. The molecule has 1 aromatic carbocycles. The second kappa shape index (κ2) is 6.02. The lowest BCUT2D eigenvalue weighted by Gasteiger charge is -2.24. The summed E-state index contributed by atoms with van der Waals surface area (Å²) in [5.41, 5.74) is 5.87. The minimum absolute atomic E-state index is 0.0742. The number of anilines is 1. The molecule has 5 heteroatoms. The molecular formula is C14H19FN2O2. The number of carbonyl (C=O) groups is 1. The SMILES string of the molecule is Nc1ccc(C(=O)N2CCCC2CCCO)c(F)c1. The number of halogens is 1. The minimum atomic E-state index is -0.571. The highest BCUT2D eigenvalue weighted by molar-refractivity contribution is 5.95. The molecule has 1 aliphatic rings. The number of nitrogens with zero attached hydrogens (tertiary/aromatic N) is 1. The van der Waals surface area contributed by atoms with Crippen LogP contribution >= 0.6 is 0 Å². The Bertz CT molecular complexity index is 465. The van der Waals surface area contributed by atoms with Crippen LogP contribution in [0.15, 0.2) is 18.2 Å². The van der Waals surface area contributed by atoms with Crippen molar-refractivity contribution in [2.45, 2.75) is 31.7 Å². The largest absolute Gasteiger partial charge is 0.399 e. The monoisotopic (exact) mass is 266 g/mol. The van der Waals surface area contributed by atoms with E-state index >= 15 is 0 Å². The maximum Gasteiger partial charge on any atom is 0.257 e. The minimum Gasteiger partial charge on any atom is -0.399 e. The Hall–Kier alpha value is -1.62. The van der Waals surface area contributed by atoms with Gasteiger partial charge in [-0.25, -0.2) is 4.39 Å². The van der Waals surface area contributed by atoms with Crippen molar-refractivity contribution in [3.8, 4) is 0 Å². The lowest BCUT2D eigenvalue weighted by molar-refractivity contribution is 0.0720. The Kier molecular flexibility index (Phi) is 4.37. The Labute approximate surface area is 112 Å². The zero-order valence-electron chi connectivity index (χ0n) is 10.8. The van der Waals surface area contributed by atoms with Crippen LogP contribution in [-0.2, 0) is 0 Å². The van der Waals surface area contributed by atoms with Crippen molar-refractivity contribution < 1.29 is 14.3 Å². The highest BCUT2D eigenvalue weighted by Crippen LogP contribution is 2.24. The van der Waals surface area contributed by atoms with Gasteiger partial charge in [-0.05, 0) is 43.9 Å². The molecule has 0 bridgehead atoms. The molecule has 4 nitrogen and oxygen atoms in total. The summed E-state index contributed by atoms with van der Waals surface area (Å²) in [6.07, 6.45) is 3.28. The van der Waals surface area contributed by atoms with Crippen molar-refractivity contribution >= 4 is 11.6 Å². The van der Waals surface area contributed by atoms with E-state index in [1.165, 1.54) is 18.2 Å². The highest BCUT2D eigenvalue weighted by Gasteiger charge is 2.30. The first-order chi connectivity index (χ1) is 9.13. The lowest BCUT2D eigenvalue weighted by Crippen LogP contribution is -2.36. The van der Waals surface area contributed by atoms with Gasteiger partial charge in [0.05, 0.1) is 5.56 Å². The molecule has 1 aliphatic heterocycles. The first-order valence-electron chi connectivity index (χ1n) is 6.60. The molecule has 3 N–H and O–H groups in total. The fourth-order valence-corrected chi connectivity index (χ4v) is 2.59. The number of amides is 1. The number of carbonyl (C=O) groups excluding carboxylic acids is 1. The van der Waals surface area contributed by atoms with E-state index < -0.39 is 5.82 Å². The van der Waals surface area contributed by atoms with Gasteiger partial charge in [0.2, 0.25) is 0 Å². The number of aliphatic hydroxyl groups is 1. The van der Waals surface area contributed by atoms with Crippen LogP contribution in [0.25, 0.3) is 0 Å². The summed E-state index contributed by atoms with van der Waals surface area (Å²) in [7, 11) is 0. The van der Waals surface area contributed by atoms with E-state index in [0.29, 0.717) is 18.7 Å². The molecule has 0 aromatic heterocycles. The smallest absolute Gasteiger partial charge is 0.257 e. The molecule has 1 fully saturated rings. The summed E-state index contributed by atoms with van der Waals surface area (Å²) in [6.45, 7) is 0.771. The zero-order valence-corrected chi connectivity index (χ0v) is 10.8. The Morgan fingerprint density at radius 1 is 1.53 bits per heavy atom. The van der Waals surface area contributed by atoms with Gasteiger partial charge in [0, 0.05) is 24.9 Å². The number of rotatable bonds is 4. The van der Waals surface area contributed by atoms with Crippen molar-refractivity contribution in [3.63, 3.8) is 0 Å². The molecule has 1 amide bonds. The molecule has 0 saturated carbocycles. The van der Waals surface area contributed by atoms with E-state index in [4.69, 9.17) is 10.8 Å². The van der Waals surface area contributed by atoms with Crippen LogP contribution in [0.1, 0.15) is 36.0 Å². The molecule has 1 unspecified atom stereocenters. The Balaban J connectivity index is 2.13. The van der Waals surface area contributed by atoms with Gasteiger partial charge in [0.15, 0.2) is 0 Å². The molecule has 0 aliphatic carbocycles. The first kappa shape index (κ1) is 13.8. The summed E-state index contributed by atoms with van der Waals surface area (Å²) in [5.74, 6) is -0.851. The van der Waals surface area contributed by atoms with Crippen molar-refractivity contribution in [1.29, 1.82) is 0 Å². The van der Waals surface area contributed by atoms with Crippen LogP contribution in [0.5, 0.6) is 0 Å². The molecule has 1 atom stereocenters. The van der Waals surface area contributed by atoms with Gasteiger partial charge in [-0.2, -0.15) is 0 Å². The topological polar surface area (TPSA) is 66.6 Å². The number of nitrogens with two attached hydrogens (primary N) is 1. The van der Waals surface area contributed by atoms with Crippen LogP contribution in [0, 0.1) is 5.82 Å². The average molecular weight is 266 g/mol. The van der Waals surface area contributed by atoms with Gasteiger partial charge in [-0.1, -0.05) is 0 Å². The van der Waals surface area contributed by atoms with Crippen molar-refractivity contribution in [1.82, 2.24) is 4.90 Å². The van der Waals surface area contributed by atoms with Crippen molar-refractivity contribution in [2.24, 2.45) is 0 Å². The van der Waals surface area contributed by atoms with E-state index in [1.807, 2.05) is 0 Å². The van der Waals surface area contributed by atoms with E-state index in [1.54, 1.807) is 4.90 Å². The fraction of sp³-hybridized carbons (Fsp3) is 0.500. The Morgan fingerprint density at radius 3 is 3.00 bits per heavy atom. The van der Waals surface area contributed by atoms with Gasteiger partial charge in [-0.3, -0.25) is 4.79 Å². The molecule has 1 saturated heterocycles. The van der Waals surface area contributed by atoms with Crippen LogP contribution in [0.4, 0.5) is 10.1 Å². The van der Waals surface area contributed by atoms with E-state index in [0.717, 1.165) is 19.3 Å². The average Bonchev–Trinajstić information content (AvgIpc) is 2.83. The fourth-order valence-electron chi connectivity index (χ4n) is 2.59. The van der Waals surface area contributed by atoms with Gasteiger partial charge >= 0.3 is 0 Å². The molecule has 0 spiro atoms. The van der Waals surface area contributed by atoms with E-state index in [9.17, 15) is 9.18 Å². The molecule has 2 rings (SSSR count). The number of hydrogen-bond donors (Lipinski definition) is 2. The van der Waals surface area contributed by atoms with Crippen molar-refractivity contribution in [3.05, 3.63) is 29.6 Å². The number of nitrogen functional groups attached to an aromatic ring is 1. The zero-order chi connectivity index (χ0) is 13.8. The van der Waals surface area contributed by atoms with Gasteiger partial charge in [-0.15, -0.1) is 0 Å². The van der Waals surface area contributed by atoms with Crippen LogP contribution in [0.3, 0.4) is 0 Å². The summed E-state index contributed by atoms with van der Waals surface area (Å²) in [5, 5.41) is 8.87. The van der Waals surface area contributed by atoms with E-state index in [2.05, 4.69) is 0 Å². The van der Waals surface area contributed by atoms with Gasteiger partial charge in [0.1, 0.15) is 5.82 Å². The van der Waals surface area contributed by atoms with Crippen molar-refractivity contribution in [2.75, 3.05) is 18.9 Å². The summed E-state index contributed by atoms with van der Waals surface area (Å²) < 4.78 is 13.8. The second-order valence-electron chi connectivity index (χ2n) is 4.90. The molecule has 104 valence electrons. The maximum atomic E-state index is 13.8. The molecular weight excluding hydrogens is 247 g/mol. The standard InChI is InChI=1S/C14H19FN2O2/c15-13-9-10(16)5-6-12(13)14(19)17-7-1-3-11(17)4-2-8-18/h5-6,9,11,18H,1-4,7-8,16H2. The lowest BCUT2D eigenvalue weighted by atomic mass is 10.1. The maximum absolute atomic E-state index is 13.8. The number of likely N-dealkylation sites (tertiary alicyclic amines) is 1. The Morgan fingerprint density at radius 2 is 2.32 bits per heavy atom. The third kappa shape index (κ3) is 3.04. The van der Waals surface area contributed by atoms with Crippen LogP contribution in [0.2, 0.25) is 0 Å². The number of aliphatic hydroxyl groups excluding tert-OH is 1. The summed E-state index contributed by atoms with van der Waals surface area (Å²) in [4.78, 5) is 14.0. The predicted octanol–water partition coefficient (Wildman–Crippen LogP) is 1.79. The molecule has 0 radical (unpaired) electrons. The van der Waals surface area contributed by atoms with Gasteiger partial charge in [0.25, 0.3) is 5.91 Å². The number of benzene rings is 1. The van der Waals surface area contributed by atoms with E-state index in [-0.39, 0.29) is 24.1 Å². The quantitative estimate of drug-likeness (QED) is 0.816. The van der Waals surface area contributed by atoms with Gasteiger partial charge < -0.3 is 15.7 Å². The predicted molar refractivity (Wildman–Crippen MR) is 71.2 cm³/mol. The third-order valence-electron chi connectivity index (χ3n) is 3.56. The third-order valence-corrected chi connectivity index (χ3v) is 3.56. The molecule has 19 heavy (non-hydrogen) atoms. The first-order valence-corrected chi connectivity index (χ1v) is 6.60. The highest BCUT2D eigenvalue weighted by atomic mass is 19.1. The summed E-state index contributed by atoms with van der Waals surface area (Å²) in [6, 6.07) is 4.26. The number of hydrogen-bond acceptors (Lipinski definition) is 3. The normalized spacial score (nSPS) is 18.8. The second-order valence-corrected chi connectivity index (χ2v) is 4.90. The van der Waals surface area contributed by atoms with Crippen LogP contribution < -0.4 is 5.73 Å². The summed E-state index contributed by atoms with van der Waals surface area (Å²) >= 11 is 0.